The van der Waals surface area contributed by atoms with Crippen LogP contribution in [0.5, 0.6) is 5.88 Å². The number of hydrogen-bond acceptors (Lipinski definition) is 12. The first kappa shape index (κ1) is 41.8. The second-order valence-electron chi connectivity index (χ2n) is 16.4. The number of aryl methyl sites for hydroxylation is 2. The maximum absolute atomic E-state index is 15.2. The van der Waals surface area contributed by atoms with Gasteiger partial charge in [-0.25, -0.2) is 13.5 Å². The molecular formula is C44H52F2N10O5. The number of carbonyl (C=O) groups excluding carboxylic acids is 3. The summed E-state index contributed by atoms with van der Waals surface area (Å²) < 4.78 is 44.0. The zero-order chi connectivity index (χ0) is 42.8. The van der Waals surface area contributed by atoms with Gasteiger partial charge in [0.2, 0.25) is 23.7 Å². The largest absolute Gasteiger partial charge is 0.477 e. The number of rotatable bonds is 9. The zero-order valence-electron chi connectivity index (χ0n) is 34.9. The number of pyridine rings is 1. The fourth-order valence-corrected chi connectivity index (χ4v) is 8.71. The highest BCUT2D eigenvalue weighted by Crippen LogP contribution is 2.39. The quantitative estimate of drug-likeness (QED) is 0.121. The summed E-state index contributed by atoms with van der Waals surface area (Å²) in [6, 6.07) is 10.4. The van der Waals surface area contributed by atoms with Gasteiger partial charge >= 0.3 is 0 Å². The Labute approximate surface area is 353 Å². The first-order valence-electron chi connectivity index (χ1n) is 21.0. The number of fused-ring (bicyclic) bond motifs is 7. The number of piperidine rings is 2. The lowest BCUT2D eigenvalue weighted by atomic mass is 9.89. The molecule has 61 heavy (non-hydrogen) atoms. The molecule has 17 heteroatoms. The first-order chi connectivity index (χ1) is 29.4. The van der Waals surface area contributed by atoms with Crippen molar-refractivity contribution >= 4 is 46.4 Å². The number of nitrogens with zero attached hydrogens (tertiary/aromatic N) is 6. The van der Waals surface area contributed by atoms with Crippen LogP contribution in [0.3, 0.4) is 0 Å². The lowest BCUT2D eigenvalue weighted by Crippen LogP contribution is -2.44. The third-order valence-electron chi connectivity index (χ3n) is 11.8. The fraction of sp³-hybridized carbons (Fsp3) is 0.455. The van der Waals surface area contributed by atoms with Crippen molar-refractivity contribution < 1.29 is 32.6 Å². The van der Waals surface area contributed by atoms with Crippen LogP contribution >= 0.6 is 0 Å². The molecule has 8 rings (SSSR count). The average Bonchev–Trinajstić information content (AvgIpc) is 3.76. The van der Waals surface area contributed by atoms with E-state index in [1.807, 2.05) is 24.9 Å². The number of aromatic nitrogens is 3. The highest BCUT2D eigenvalue weighted by atomic mass is 19.1. The molecule has 322 valence electrons. The molecule has 2 fully saturated rings. The number of nitrogens with one attached hydrogen (secondary N) is 4. The minimum atomic E-state index is -1.03. The summed E-state index contributed by atoms with van der Waals surface area (Å²) >= 11 is 0. The second-order valence-corrected chi connectivity index (χ2v) is 16.4. The van der Waals surface area contributed by atoms with Crippen molar-refractivity contribution in [2.24, 2.45) is 18.0 Å². The maximum Gasteiger partial charge on any atom is 0.280 e. The van der Waals surface area contributed by atoms with Gasteiger partial charge in [-0.05, 0) is 81.3 Å². The third-order valence-corrected chi connectivity index (χ3v) is 11.8. The van der Waals surface area contributed by atoms with Crippen LogP contribution in [0, 0.1) is 24.5 Å². The molecule has 0 radical (unpaired) electrons. The molecule has 2 aromatic heterocycles. The van der Waals surface area contributed by atoms with Gasteiger partial charge in [0.25, 0.3) is 5.91 Å². The number of hydrogen-bond donors (Lipinski definition) is 4. The van der Waals surface area contributed by atoms with Gasteiger partial charge in [-0.2, -0.15) is 10.1 Å². The number of methoxy groups -OCH3 is 1. The predicted octanol–water partition coefficient (Wildman–Crippen LogP) is 5.64. The highest BCUT2D eigenvalue weighted by Gasteiger charge is 2.34. The molecule has 4 N–H and O–H groups in total. The molecule has 15 nitrogen and oxygen atoms in total. The maximum atomic E-state index is 15.2. The Bertz CT molecular complexity index is 2340. The van der Waals surface area contributed by atoms with Gasteiger partial charge in [-0.3, -0.25) is 24.7 Å². The molecule has 4 aliphatic rings. The number of guanidine groups is 1. The zero-order valence-corrected chi connectivity index (χ0v) is 34.9. The van der Waals surface area contributed by atoms with Gasteiger partial charge in [0.05, 0.1) is 48.0 Å². The average molecular weight is 839 g/mol. The molecule has 0 aliphatic carbocycles. The summed E-state index contributed by atoms with van der Waals surface area (Å²) in [6.45, 7) is 8.05. The van der Waals surface area contributed by atoms with Crippen LogP contribution in [0.4, 0.5) is 31.5 Å². The van der Waals surface area contributed by atoms with Crippen molar-refractivity contribution in [3.63, 3.8) is 0 Å². The Morgan fingerprint density at radius 3 is 2.52 bits per heavy atom. The summed E-state index contributed by atoms with van der Waals surface area (Å²) in [4.78, 5) is 51.1. The minimum absolute atomic E-state index is 0.0458. The molecule has 3 amide bonds. The Kier molecular flexibility index (Phi) is 12.3. The van der Waals surface area contributed by atoms with Gasteiger partial charge in [-0.1, -0.05) is 6.92 Å². The molecule has 0 unspecified atom stereocenters. The number of amides is 3. The monoisotopic (exact) mass is 838 g/mol. The second kappa shape index (κ2) is 18.0. The van der Waals surface area contributed by atoms with Crippen LogP contribution in [0.25, 0.3) is 11.3 Å². The predicted molar refractivity (Wildman–Crippen MR) is 228 cm³/mol. The first-order valence-corrected chi connectivity index (χ1v) is 21.0. The molecule has 2 atom stereocenters. The molecule has 4 aromatic rings. The summed E-state index contributed by atoms with van der Waals surface area (Å²) in [5.41, 5.74) is 6.16. The van der Waals surface area contributed by atoms with Crippen molar-refractivity contribution in [3.8, 4) is 17.1 Å². The van der Waals surface area contributed by atoms with Gasteiger partial charge in [0, 0.05) is 93.1 Å². The van der Waals surface area contributed by atoms with Crippen LogP contribution in [-0.4, -0.2) is 90.9 Å². The number of carbonyl (C=O) groups is 3. The van der Waals surface area contributed by atoms with E-state index in [4.69, 9.17) is 14.5 Å². The third kappa shape index (κ3) is 9.08. The van der Waals surface area contributed by atoms with Gasteiger partial charge in [0.1, 0.15) is 11.6 Å². The number of aliphatic imine (C=N–C) groups is 1. The summed E-state index contributed by atoms with van der Waals surface area (Å²) in [5, 5.41) is 17.3. The summed E-state index contributed by atoms with van der Waals surface area (Å²) in [7, 11) is 3.49. The van der Waals surface area contributed by atoms with E-state index in [0.717, 1.165) is 53.9 Å². The SMILES string of the molecule is COCc1cc2c(cc1NCCNC1CCN(c3cc(F)c([C@H]4CCC(=O)NC4=O)c(F)c3)CC1)N1C[C@H](C)CCCOc3c(cnn3C)-c3cc(cc(C)n3)C(=O)/N=C/1N2. The van der Waals surface area contributed by atoms with Crippen LogP contribution in [0.15, 0.2) is 47.6 Å². The number of ether oxygens (including phenoxy) is 2. The van der Waals surface area contributed by atoms with E-state index >= 15 is 8.78 Å². The van der Waals surface area contributed by atoms with E-state index in [0.29, 0.717) is 80.4 Å². The smallest absolute Gasteiger partial charge is 0.280 e. The Balaban J connectivity index is 0.927. The molecule has 4 aliphatic heterocycles. The van der Waals surface area contributed by atoms with Crippen LogP contribution in [0.1, 0.15) is 78.5 Å². The van der Waals surface area contributed by atoms with E-state index in [-0.39, 0.29) is 30.4 Å². The Morgan fingerprint density at radius 1 is 0.984 bits per heavy atom. The molecule has 6 heterocycles. The van der Waals surface area contributed by atoms with Gasteiger partial charge in [0.15, 0.2) is 0 Å². The number of halogens is 2. The number of benzene rings is 2. The molecule has 2 saturated heterocycles. The molecular weight excluding hydrogens is 787 g/mol. The lowest BCUT2D eigenvalue weighted by molar-refractivity contribution is -0.134. The highest BCUT2D eigenvalue weighted by molar-refractivity contribution is 6.19. The van der Waals surface area contributed by atoms with Gasteiger partial charge in [-0.15, -0.1) is 0 Å². The minimum Gasteiger partial charge on any atom is -0.477 e. The van der Waals surface area contributed by atoms with Crippen LogP contribution < -0.4 is 35.8 Å². The molecule has 2 aromatic carbocycles. The van der Waals surface area contributed by atoms with Crippen molar-refractivity contribution in [2.75, 3.05) is 66.9 Å². The normalized spacial score (nSPS) is 20.6. The van der Waals surface area contributed by atoms with E-state index in [9.17, 15) is 14.4 Å². The Morgan fingerprint density at radius 2 is 1.77 bits per heavy atom. The molecule has 2 bridgehead atoms. The summed E-state index contributed by atoms with van der Waals surface area (Å²) in [6.07, 6.45) is 5.10. The molecule has 0 spiro atoms. The van der Waals surface area contributed by atoms with Crippen molar-refractivity contribution in [1.29, 1.82) is 0 Å². The van der Waals surface area contributed by atoms with Crippen molar-refractivity contribution in [3.05, 3.63) is 76.6 Å². The summed E-state index contributed by atoms with van der Waals surface area (Å²) in [5.74, 6) is -2.76. The Hall–Kier alpha value is -5.94. The fourth-order valence-electron chi connectivity index (χ4n) is 8.71. The van der Waals surface area contributed by atoms with E-state index in [2.05, 4.69) is 49.2 Å². The lowest BCUT2D eigenvalue weighted by Gasteiger charge is -2.34. The number of anilines is 4. The van der Waals surface area contributed by atoms with Crippen molar-refractivity contribution in [2.45, 2.75) is 70.9 Å². The van der Waals surface area contributed by atoms with E-state index in [1.54, 1.807) is 30.1 Å². The van der Waals surface area contributed by atoms with E-state index < -0.39 is 35.3 Å². The standard InChI is InChI=1S/C44H52F2N10O5/c1-25-6-5-15-61-43-32(22-49-54(43)3)36-17-27(16-26(2)50-36)41(58)53-44-51-37-18-28(24-60-4)35(21-38(37)56(44)23-25)48-12-11-47-29-9-13-55(14-10-29)30-19-33(45)40(34(46)20-30)31-7-8-39(57)52-42(31)59/h16-22,25,29,31,47-48H,5-15,23-24H2,1-4H3,(H,51,53,58)(H,52,57,59)/t25-,31-/m1/s1. The topological polar surface area (TPSA) is 167 Å². The van der Waals surface area contributed by atoms with Crippen molar-refractivity contribution in [1.82, 2.24) is 25.4 Å². The number of imide groups is 1. The molecule has 0 saturated carbocycles. The van der Waals surface area contributed by atoms with Crippen LogP contribution in [-0.2, 0) is 28.0 Å². The van der Waals surface area contributed by atoms with Crippen LogP contribution in [0.2, 0.25) is 0 Å². The van der Waals surface area contributed by atoms with Gasteiger partial charge < -0.3 is 35.2 Å². The van der Waals surface area contributed by atoms with E-state index in [1.165, 1.54) is 12.1 Å².